The van der Waals surface area contributed by atoms with Crippen molar-refractivity contribution in [2.24, 2.45) is 52.3 Å². The van der Waals surface area contributed by atoms with Crippen LogP contribution in [0.1, 0.15) is 112 Å². The third-order valence-corrected chi connectivity index (χ3v) is 13.1. The Labute approximate surface area is 242 Å². The molecule has 4 N–H and O–H groups in total. The standard InChI is InChI=1S/C34H58O6/c1-7-21(19(2)3)9-8-20(4)25-12-13-26-24-11-10-22-18-23(39-32-30(37)28(35)29(36)31(38)40-32)14-16-33(22,5)27(24)15-17-34(25,26)6/h10,19-21,23-32,35-38H,7-9,11-18H2,1-6H3/t20-,21-,23+,24?,25-,26?,27?,28-,29-,30+,31-,32+,33+,34-/m1/s1. The van der Waals surface area contributed by atoms with Crippen molar-refractivity contribution < 1.29 is 29.9 Å². The van der Waals surface area contributed by atoms with Crippen molar-refractivity contribution in [3.05, 3.63) is 11.6 Å². The molecule has 5 aliphatic rings. The fourth-order valence-corrected chi connectivity index (χ4v) is 10.5. The van der Waals surface area contributed by atoms with Crippen LogP contribution in [0.25, 0.3) is 0 Å². The summed E-state index contributed by atoms with van der Waals surface area (Å²) in [7, 11) is 0. The van der Waals surface area contributed by atoms with Crippen LogP contribution in [0.5, 0.6) is 0 Å². The smallest absolute Gasteiger partial charge is 0.189 e. The third kappa shape index (κ3) is 5.36. The van der Waals surface area contributed by atoms with Crippen LogP contribution in [0.3, 0.4) is 0 Å². The maximum Gasteiger partial charge on any atom is 0.189 e. The fraction of sp³-hybridized carbons (Fsp3) is 0.941. The molecule has 0 amide bonds. The predicted molar refractivity (Wildman–Crippen MR) is 156 cm³/mol. The second-order valence-corrected chi connectivity index (χ2v) is 15.3. The monoisotopic (exact) mass is 562 g/mol. The molecule has 0 bridgehead atoms. The van der Waals surface area contributed by atoms with Crippen molar-refractivity contribution in [3.63, 3.8) is 0 Å². The zero-order chi connectivity index (χ0) is 29.0. The third-order valence-electron chi connectivity index (χ3n) is 13.1. The van der Waals surface area contributed by atoms with E-state index in [9.17, 15) is 20.4 Å². The van der Waals surface area contributed by atoms with Gasteiger partial charge in [-0.3, -0.25) is 0 Å². The number of hydrogen-bond acceptors (Lipinski definition) is 6. The summed E-state index contributed by atoms with van der Waals surface area (Å²) < 4.78 is 11.4. The first kappa shape index (κ1) is 30.9. The normalized spacial score (nSPS) is 48.6. The van der Waals surface area contributed by atoms with Gasteiger partial charge in [-0.25, -0.2) is 0 Å². The largest absolute Gasteiger partial charge is 0.387 e. The van der Waals surface area contributed by atoms with Gasteiger partial charge in [0.25, 0.3) is 0 Å². The number of aliphatic hydroxyl groups excluding tert-OH is 4. The summed E-state index contributed by atoms with van der Waals surface area (Å²) in [6, 6.07) is 0. The minimum Gasteiger partial charge on any atom is -0.387 e. The number of allylic oxidation sites excluding steroid dienone is 1. The second-order valence-electron chi connectivity index (χ2n) is 15.3. The summed E-state index contributed by atoms with van der Waals surface area (Å²) in [5.41, 5.74) is 2.16. The molecule has 0 aromatic carbocycles. The molecule has 0 aromatic rings. The molecule has 4 aliphatic carbocycles. The number of aliphatic hydroxyl groups is 4. The number of rotatable bonds is 8. The van der Waals surface area contributed by atoms with E-state index in [2.05, 4.69) is 47.6 Å². The van der Waals surface area contributed by atoms with Gasteiger partial charge in [0.05, 0.1) is 6.10 Å². The first-order valence-corrected chi connectivity index (χ1v) is 16.6. The maximum atomic E-state index is 10.4. The van der Waals surface area contributed by atoms with E-state index in [1.165, 1.54) is 56.9 Å². The molecule has 230 valence electrons. The zero-order valence-corrected chi connectivity index (χ0v) is 26.0. The van der Waals surface area contributed by atoms with Crippen LogP contribution in [-0.2, 0) is 9.47 Å². The molecule has 3 saturated carbocycles. The fourth-order valence-electron chi connectivity index (χ4n) is 10.5. The van der Waals surface area contributed by atoms with E-state index in [4.69, 9.17) is 9.47 Å². The highest BCUT2D eigenvalue weighted by molar-refractivity contribution is 5.25. The van der Waals surface area contributed by atoms with E-state index in [1.54, 1.807) is 0 Å². The summed E-state index contributed by atoms with van der Waals surface area (Å²) in [6.07, 6.45) is 8.73. The Morgan fingerprint density at radius 1 is 0.925 bits per heavy atom. The molecular formula is C34H58O6. The van der Waals surface area contributed by atoms with Crippen LogP contribution in [-0.4, -0.2) is 57.4 Å². The molecule has 3 unspecified atom stereocenters. The number of ether oxygens (including phenoxy) is 2. The topological polar surface area (TPSA) is 99.4 Å². The molecule has 0 aromatic heterocycles. The van der Waals surface area contributed by atoms with Gasteiger partial charge in [0.1, 0.15) is 18.3 Å². The predicted octanol–water partition coefficient (Wildman–Crippen LogP) is 5.81. The molecule has 6 heteroatoms. The highest BCUT2D eigenvalue weighted by Gasteiger charge is 2.59. The van der Waals surface area contributed by atoms with Crippen LogP contribution in [0.4, 0.5) is 0 Å². The lowest BCUT2D eigenvalue weighted by Crippen LogP contribution is -2.59. The maximum absolute atomic E-state index is 10.4. The number of hydrogen-bond donors (Lipinski definition) is 4. The molecule has 4 fully saturated rings. The summed E-state index contributed by atoms with van der Waals surface area (Å²) in [5.74, 6) is 5.64. The van der Waals surface area contributed by atoms with Gasteiger partial charge < -0.3 is 29.9 Å². The first-order chi connectivity index (χ1) is 18.9. The van der Waals surface area contributed by atoms with Crippen molar-refractivity contribution >= 4 is 0 Å². The van der Waals surface area contributed by atoms with Crippen molar-refractivity contribution in [1.29, 1.82) is 0 Å². The van der Waals surface area contributed by atoms with Gasteiger partial charge in [-0.1, -0.05) is 66.0 Å². The van der Waals surface area contributed by atoms with Crippen molar-refractivity contribution in [2.45, 2.75) is 149 Å². The van der Waals surface area contributed by atoms with E-state index in [0.29, 0.717) is 5.41 Å². The average molecular weight is 563 g/mol. The molecule has 1 heterocycles. The molecule has 0 spiro atoms. The van der Waals surface area contributed by atoms with Crippen LogP contribution in [0, 0.1) is 52.3 Å². The molecule has 1 saturated heterocycles. The van der Waals surface area contributed by atoms with Gasteiger partial charge in [0, 0.05) is 0 Å². The Balaban J connectivity index is 1.24. The lowest BCUT2D eigenvalue weighted by molar-refractivity contribution is -0.348. The zero-order valence-electron chi connectivity index (χ0n) is 26.0. The minimum atomic E-state index is -1.57. The van der Waals surface area contributed by atoms with Gasteiger partial charge >= 0.3 is 0 Å². The SMILES string of the molecule is CC[C@H](CC[C@@H](C)[C@H]1CCC2C3CC=C4C[C@@H](O[C@H]5O[C@@H](O)[C@H](O)[C@@H](O)[C@@H]5O)CC[C@]4(C)C3CC[C@@]21C)C(C)C. The minimum absolute atomic E-state index is 0.131. The van der Waals surface area contributed by atoms with E-state index in [0.717, 1.165) is 60.7 Å². The lowest BCUT2D eigenvalue weighted by Gasteiger charge is -2.58. The van der Waals surface area contributed by atoms with Gasteiger partial charge in [0.2, 0.25) is 0 Å². The summed E-state index contributed by atoms with van der Waals surface area (Å²) in [6.45, 7) is 14.9. The van der Waals surface area contributed by atoms with Gasteiger partial charge in [0.15, 0.2) is 12.6 Å². The number of fused-ring (bicyclic) bond motifs is 5. The van der Waals surface area contributed by atoms with Gasteiger partial charge in [-0.15, -0.1) is 0 Å². The molecule has 40 heavy (non-hydrogen) atoms. The Kier molecular flexibility index (Phi) is 9.19. The van der Waals surface area contributed by atoms with Crippen LogP contribution < -0.4 is 0 Å². The van der Waals surface area contributed by atoms with E-state index in [1.807, 2.05) is 0 Å². The molecular weight excluding hydrogens is 504 g/mol. The van der Waals surface area contributed by atoms with E-state index < -0.39 is 30.9 Å². The lowest BCUT2D eigenvalue weighted by atomic mass is 9.47. The quantitative estimate of drug-likeness (QED) is 0.279. The first-order valence-electron chi connectivity index (χ1n) is 16.6. The Bertz CT molecular complexity index is 905. The van der Waals surface area contributed by atoms with E-state index in [-0.39, 0.29) is 11.5 Å². The van der Waals surface area contributed by atoms with Gasteiger partial charge in [-0.2, -0.15) is 0 Å². The Morgan fingerprint density at radius 3 is 2.38 bits per heavy atom. The summed E-state index contributed by atoms with van der Waals surface area (Å²) in [4.78, 5) is 0. The molecule has 0 radical (unpaired) electrons. The highest BCUT2D eigenvalue weighted by atomic mass is 16.7. The summed E-state index contributed by atoms with van der Waals surface area (Å²) >= 11 is 0. The van der Waals surface area contributed by atoms with Gasteiger partial charge in [-0.05, 0) is 110 Å². The Morgan fingerprint density at radius 2 is 1.68 bits per heavy atom. The highest BCUT2D eigenvalue weighted by Crippen LogP contribution is 2.67. The Hall–Kier alpha value is -0.500. The second kappa shape index (κ2) is 11.9. The molecule has 1 aliphatic heterocycles. The van der Waals surface area contributed by atoms with Crippen LogP contribution >= 0.6 is 0 Å². The average Bonchev–Trinajstić information content (AvgIpc) is 3.28. The van der Waals surface area contributed by atoms with Crippen molar-refractivity contribution in [1.82, 2.24) is 0 Å². The summed E-state index contributed by atoms with van der Waals surface area (Å²) in [5, 5.41) is 40.2. The molecule has 6 nitrogen and oxygen atoms in total. The molecule has 14 atom stereocenters. The van der Waals surface area contributed by atoms with Crippen LogP contribution in [0.2, 0.25) is 0 Å². The van der Waals surface area contributed by atoms with Crippen LogP contribution in [0.15, 0.2) is 11.6 Å². The van der Waals surface area contributed by atoms with Crippen molar-refractivity contribution in [2.75, 3.05) is 0 Å². The van der Waals surface area contributed by atoms with E-state index >= 15 is 0 Å². The molecule has 5 rings (SSSR count). The van der Waals surface area contributed by atoms with Crippen molar-refractivity contribution in [3.8, 4) is 0 Å².